The van der Waals surface area contributed by atoms with Crippen LogP contribution in [0.2, 0.25) is 0 Å². The van der Waals surface area contributed by atoms with Crippen molar-refractivity contribution >= 4 is 17.3 Å². The van der Waals surface area contributed by atoms with Gasteiger partial charge in [-0.25, -0.2) is 0 Å². The monoisotopic (exact) mass is 367 g/mol. The van der Waals surface area contributed by atoms with Gasteiger partial charge in [0.2, 0.25) is 5.91 Å². The summed E-state index contributed by atoms with van der Waals surface area (Å²) in [5, 5.41) is 11.3. The predicted octanol–water partition coefficient (Wildman–Crippen LogP) is 3.83. The Kier molecular flexibility index (Phi) is 6.06. The van der Waals surface area contributed by atoms with Gasteiger partial charge in [0.25, 0.3) is 5.69 Å². The maximum atomic E-state index is 13.1. The quantitative estimate of drug-likeness (QED) is 0.575. The van der Waals surface area contributed by atoms with E-state index in [1.54, 1.807) is 12.1 Å². The molecule has 0 aliphatic carbocycles. The zero-order chi connectivity index (χ0) is 19.2. The molecule has 1 aliphatic heterocycles. The first-order valence-corrected chi connectivity index (χ1v) is 9.44. The van der Waals surface area contributed by atoms with Gasteiger partial charge in [0.15, 0.2) is 0 Å². The highest BCUT2D eigenvalue weighted by molar-refractivity contribution is 5.84. The summed E-state index contributed by atoms with van der Waals surface area (Å²) in [6, 6.07) is 16.7. The van der Waals surface area contributed by atoms with Gasteiger partial charge in [0, 0.05) is 32.2 Å². The van der Waals surface area contributed by atoms with Crippen LogP contribution in [0, 0.1) is 10.1 Å². The number of carbonyl (C=O) groups is 1. The molecule has 142 valence electrons. The Labute approximate surface area is 159 Å². The molecule has 27 heavy (non-hydrogen) atoms. The molecule has 0 bridgehead atoms. The van der Waals surface area contributed by atoms with E-state index in [4.69, 9.17) is 0 Å². The number of hydrogen-bond donors (Lipinski definition) is 0. The first-order chi connectivity index (χ1) is 13.1. The summed E-state index contributed by atoms with van der Waals surface area (Å²) in [6.45, 7) is 4.46. The number of nitro benzene ring substituents is 1. The summed E-state index contributed by atoms with van der Waals surface area (Å²) in [5.74, 6) is 0.0408. The lowest BCUT2D eigenvalue weighted by molar-refractivity contribution is -0.384. The third-order valence-electron chi connectivity index (χ3n) is 5.09. The highest BCUT2D eigenvalue weighted by Crippen LogP contribution is 2.29. The Morgan fingerprint density at radius 3 is 2.30 bits per heavy atom. The van der Waals surface area contributed by atoms with E-state index in [1.807, 2.05) is 46.2 Å². The van der Waals surface area contributed by atoms with E-state index in [0.717, 1.165) is 18.4 Å². The van der Waals surface area contributed by atoms with Crippen molar-refractivity contribution in [3.63, 3.8) is 0 Å². The molecule has 6 nitrogen and oxygen atoms in total. The third kappa shape index (κ3) is 4.27. The number of benzene rings is 2. The van der Waals surface area contributed by atoms with Crippen LogP contribution in [0.3, 0.4) is 0 Å². The molecule has 0 aromatic heterocycles. The SMILES string of the molecule is CCCC(C(=O)N1CCN(c2ccccc2[N+](=O)[O-])CC1)c1ccccc1. The van der Waals surface area contributed by atoms with Crippen molar-refractivity contribution in [2.45, 2.75) is 25.7 Å². The van der Waals surface area contributed by atoms with Crippen molar-refractivity contribution in [1.29, 1.82) is 0 Å². The zero-order valence-electron chi connectivity index (χ0n) is 15.6. The minimum Gasteiger partial charge on any atom is -0.362 e. The molecule has 1 unspecified atom stereocenters. The van der Waals surface area contributed by atoms with Gasteiger partial charge in [0.1, 0.15) is 5.69 Å². The number of nitro groups is 1. The fourth-order valence-electron chi connectivity index (χ4n) is 3.68. The van der Waals surface area contributed by atoms with E-state index in [2.05, 4.69) is 6.92 Å². The molecule has 1 amide bonds. The number of amides is 1. The number of hydrogen-bond acceptors (Lipinski definition) is 4. The van der Waals surface area contributed by atoms with Crippen LogP contribution >= 0.6 is 0 Å². The largest absolute Gasteiger partial charge is 0.362 e. The number of anilines is 1. The molecular formula is C21H25N3O3. The first kappa shape index (κ1) is 18.9. The standard InChI is InChI=1S/C21H25N3O3/c1-2-8-18(17-9-4-3-5-10-17)21(25)23-15-13-22(14-16-23)19-11-6-7-12-20(19)24(26)27/h3-7,9-12,18H,2,8,13-16H2,1H3. The topological polar surface area (TPSA) is 66.7 Å². The van der Waals surface area contributed by atoms with Crippen molar-refractivity contribution in [3.05, 3.63) is 70.3 Å². The Bertz CT molecular complexity index is 786. The average Bonchev–Trinajstić information content (AvgIpc) is 2.72. The van der Waals surface area contributed by atoms with Crippen LogP contribution in [0.5, 0.6) is 0 Å². The van der Waals surface area contributed by atoms with E-state index in [-0.39, 0.29) is 22.4 Å². The fourth-order valence-corrected chi connectivity index (χ4v) is 3.68. The summed E-state index contributed by atoms with van der Waals surface area (Å²) in [7, 11) is 0. The van der Waals surface area contributed by atoms with Gasteiger partial charge < -0.3 is 9.80 Å². The van der Waals surface area contributed by atoms with Gasteiger partial charge in [-0.3, -0.25) is 14.9 Å². The molecular weight excluding hydrogens is 342 g/mol. The lowest BCUT2D eigenvalue weighted by Gasteiger charge is -2.37. The molecule has 1 aliphatic rings. The highest BCUT2D eigenvalue weighted by atomic mass is 16.6. The van der Waals surface area contributed by atoms with Crippen LogP contribution in [-0.2, 0) is 4.79 Å². The normalized spacial score (nSPS) is 15.4. The molecule has 0 saturated carbocycles. The van der Waals surface area contributed by atoms with Crippen LogP contribution < -0.4 is 4.90 Å². The Morgan fingerprint density at radius 1 is 1.04 bits per heavy atom. The van der Waals surface area contributed by atoms with Crippen molar-refractivity contribution in [2.75, 3.05) is 31.1 Å². The Hall–Kier alpha value is -2.89. The number of rotatable bonds is 6. The third-order valence-corrected chi connectivity index (χ3v) is 5.09. The summed E-state index contributed by atoms with van der Waals surface area (Å²) in [4.78, 5) is 27.9. The molecule has 0 spiro atoms. The molecule has 6 heteroatoms. The lowest BCUT2D eigenvalue weighted by Crippen LogP contribution is -2.50. The second-order valence-corrected chi connectivity index (χ2v) is 6.81. The number of para-hydroxylation sites is 2. The molecule has 1 saturated heterocycles. The van der Waals surface area contributed by atoms with E-state index >= 15 is 0 Å². The number of piperazine rings is 1. The van der Waals surface area contributed by atoms with E-state index < -0.39 is 0 Å². The summed E-state index contributed by atoms with van der Waals surface area (Å²) < 4.78 is 0. The zero-order valence-corrected chi connectivity index (χ0v) is 15.6. The van der Waals surface area contributed by atoms with Gasteiger partial charge in [-0.15, -0.1) is 0 Å². The first-order valence-electron chi connectivity index (χ1n) is 9.44. The van der Waals surface area contributed by atoms with Gasteiger partial charge in [-0.1, -0.05) is 55.8 Å². The van der Waals surface area contributed by atoms with Gasteiger partial charge in [-0.05, 0) is 18.1 Å². The summed E-state index contributed by atoms with van der Waals surface area (Å²) in [5.41, 5.74) is 1.80. The molecule has 0 N–H and O–H groups in total. The Morgan fingerprint density at radius 2 is 1.67 bits per heavy atom. The lowest BCUT2D eigenvalue weighted by atomic mass is 9.93. The van der Waals surface area contributed by atoms with Crippen LogP contribution in [0.25, 0.3) is 0 Å². The average molecular weight is 367 g/mol. The molecule has 1 atom stereocenters. The second kappa shape index (κ2) is 8.66. The van der Waals surface area contributed by atoms with Gasteiger partial charge >= 0.3 is 0 Å². The van der Waals surface area contributed by atoms with Crippen molar-refractivity contribution in [3.8, 4) is 0 Å². The molecule has 3 rings (SSSR count). The second-order valence-electron chi connectivity index (χ2n) is 6.81. The fraction of sp³-hybridized carbons (Fsp3) is 0.381. The van der Waals surface area contributed by atoms with E-state index in [1.165, 1.54) is 6.07 Å². The maximum absolute atomic E-state index is 13.1. The summed E-state index contributed by atoms with van der Waals surface area (Å²) >= 11 is 0. The van der Waals surface area contributed by atoms with Crippen LogP contribution in [0.4, 0.5) is 11.4 Å². The van der Waals surface area contributed by atoms with Crippen LogP contribution in [-0.4, -0.2) is 41.9 Å². The highest BCUT2D eigenvalue weighted by Gasteiger charge is 2.29. The molecule has 2 aromatic rings. The van der Waals surface area contributed by atoms with Crippen molar-refractivity contribution in [1.82, 2.24) is 4.90 Å². The van der Waals surface area contributed by atoms with Gasteiger partial charge in [0.05, 0.1) is 10.8 Å². The van der Waals surface area contributed by atoms with Gasteiger partial charge in [-0.2, -0.15) is 0 Å². The molecule has 1 fully saturated rings. The molecule has 0 radical (unpaired) electrons. The van der Waals surface area contributed by atoms with Crippen LogP contribution in [0.15, 0.2) is 54.6 Å². The molecule has 2 aromatic carbocycles. The Balaban J connectivity index is 1.70. The predicted molar refractivity (Wildman–Crippen MR) is 106 cm³/mol. The minimum atomic E-state index is -0.348. The summed E-state index contributed by atoms with van der Waals surface area (Å²) in [6.07, 6.45) is 1.77. The van der Waals surface area contributed by atoms with Crippen LogP contribution in [0.1, 0.15) is 31.2 Å². The van der Waals surface area contributed by atoms with E-state index in [9.17, 15) is 14.9 Å². The van der Waals surface area contributed by atoms with E-state index in [0.29, 0.717) is 31.9 Å². The smallest absolute Gasteiger partial charge is 0.292 e. The molecule has 1 heterocycles. The maximum Gasteiger partial charge on any atom is 0.292 e. The van der Waals surface area contributed by atoms with Crippen molar-refractivity contribution in [2.24, 2.45) is 0 Å². The van der Waals surface area contributed by atoms with Crippen molar-refractivity contribution < 1.29 is 9.72 Å². The number of nitrogens with zero attached hydrogens (tertiary/aromatic N) is 3. The minimum absolute atomic E-state index is 0.116. The number of carbonyl (C=O) groups excluding carboxylic acids is 1.